The summed E-state index contributed by atoms with van der Waals surface area (Å²) in [5.74, 6) is 0.771. The molecule has 1 aliphatic carbocycles. The van der Waals surface area contributed by atoms with E-state index >= 15 is 0 Å². The van der Waals surface area contributed by atoms with Crippen LogP contribution in [0.2, 0.25) is 0 Å². The molecule has 1 saturated carbocycles. The van der Waals surface area contributed by atoms with Crippen molar-refractivity contribution in [3.63, 3.8) is 0 Å². The Balaban J connectivity index is 2.04. The van der Waals surface area contributed by atoms with Gasteiger partial charge in [0.2, 0.25) is 0 Å². The largest absolute Gasteiger partial charge is 0.396 e. The van der Waals surface area contributed by atoms with Crippen molar-refractivity contribution in [3.8, 4) is 0 Å². The Bertz CT molecular complexity index is 217. The molecule has 0 aromatic heterocycles. The van der Waals surface area contributed by atoms with E-state index in [2.05, 4.69) is 0 Å². The summed E-state index contributed by atoms with van der Waals surface area (Å²) < 4.78 is 15.7. The maximum Gasteiger partial charge on any atom is 0.0701 e. The van der Waals surface area contributed by atoms with E-state index in [0.717, 1.165) is 18.8 Å². The summed E-state index contributed by atoms with van der Waals surface area (Å²) in [6.45, 7) is 3.71. The van der Waals surface area contributed by atoms with Gasteiger partial charge in [0.15, 0.2) is 0 Å². The monoisotopic (exact) mass is 275 g/mol. The fourth-order valence-electron chi connectivity index (χ4n) is 2.18. The van der Waals surface area contributed by atoms with Gasteiger partial charge in [-0.1, -0.05) is 12.8 Å². The van der Waals surface area contributed by atoms with Crippen molar-refractivity contribution in [3.05, 3.63) is 0 Å². The third kappa shape index (κ3) is 7.22. The van der Waals surface area contributed by atoms with Gasteiger partial charge in [0, 0.05) is 32.3 Å². The summed E-state index contributed by atoms with van der Waals surface area (Å²) >= 11 is 0. The van der Waals surface area contributed by atoms with Gasteiger partial charge in [-0.05, 0) is 18.8 Å². The first-order valence-corrected chi connectivity index (χ1v) is 7.22. The van der Waals surface area contributed by atoms with Gasteiger partial charge < -0.3 is 25.1 Å². The number of rotatable bonds is 13. The summed E-state index contributed by atoms with van der Waals surface area (Å²) in [6.07, 6.45) is 4.44. The van der Waals surface area contributed by atoms with E-state index in [-0.39, 0.29) is 12.0 Å². The normalized spacial score (nSPS) is 18.5. The Morgan fingerprint density at radius 3 is 2.26 bits per heavy atom. The molecule has 0 amide bonds. The highest BCUT2D eigenvalue weighted by atomic mass is 16.5. The zero-order valence-electron chi connectivity index (χ0n) is 12.1. The number of ether oxygens (including phenoxy) is 3. The average Bonchev–Trinajstić information content (AvgIpc) is 3.24. The van der Waals surface area contributed by atoms with Gasteiger partial charge in [0.05, 0.1) is 26.4 Å². The summed E-state index contributed by atoms with van der Waals surface area (Å²) in [6, 6.07) is 0. The Morgan fingerprint density at radius 1 is 1.11 bits per heavy atom. The maximum absolute atomic E-state index is 9.58. The summed E-state index contributed by atoms with van der Waals surface area (Å²) in [4.78, 5) is 0. The van der Waals surface area contributed by atoms with E-state index < -0.39 is 0 Å². The van der Waals surface area contributed by atoms with Crippen molar-refractivity contribution in [2.75, 3.05) is 53.3 Å². The molecule has 3 N–H and O–H groups in total. The SMILES string of the molecule is COCCOCCOCCC(CN)(CO)CC1CC1. The second-order valence-electron chi connectivity index (χ2n) is 5.48. The molecule has 5 nitrogen and oxygen atoms in total. The average molecular weight is 275 g/mol. The van der Waals surface area contributed by atoms with E-state index in [0.29, 0.717) is 39.6 Å². The lowest BCUT2D eigenvalue weighted by Crippen LogP contribution is -2.36. The van der Waals surface area contributed by atoms with Crippen LogP contribution in [0.5, 0.6) is 0 Å². The molecule has 5 heteroatoms. The van der Waals surface area contributed by atoms with Crippen molar-refractivity contribution in [1.29, 1.82) is 0 Å². The summed E-state index contributed by atoms with van der Waals surface area (Å²) in [5, 5.41) is 9.58. The minimum atomic E-state index is -0.141. The van der Waals surface area contributed by atoms with Crippen molar-refractivity contribution >= 4 is 0 Å². The second-order valence-corrected chi connectivity index (χ2v) is 5.48. The molecule has 0 spiro atoms. The number of methoxy groups -OCH3 is 1. The third-order valence-electron chi connectivity index (χ3n) is 3.77. The van der Waals surface area contributed by atoms with Crippen molar-refractivity contribution < 1.29 is 19.3 Å². The Morgan fingerprint density at radius 2 is 1.74 bits per heavy atom. The van der Waals surface area contributed by atoms with E-state index in [1.165, 1.54) is 12.8 Å². The standard InChI is InChI=1S/C14H29NO4/c1-17-6-7-19-9-8-18-5-4-14(11-15,12-16)10-13-2-3-13/h13,16H,2-12,15H2,1H3. The molecule has 0 aliphatic heterocycles. The molecule has 1 fully saturated rings. The van der Waals surface area contributed by atoms with Crippen molar-refractivity contribution in [2.24, 2.45) is 17.1 Å². The highest BCUT2D eigenvalue weighted by Crippen LogP contribution is 2.41. The van der Waals surface area contributed by atoms with Gasteiger partial charge in [0.1, 0.15) is 0 Å². The molecule has 1 atom stereocenters. The Kier molecular flexibility index (Phi) is 8.57. The molecule has 0 heterocycles. The van der Waals surface area contributed by atoms with Crippen LogP contribution in [-0.2, 0) is 14.2 Å². The molecule has 1 unspecified atom stereocenters. The number of nitrogens with two attached hydrogens (primary N) is 1. The molecule has 1 aliphatic rings. The number of aliphatic hydroxyl groups excluding tert-OH is 1. The molecule has 0 aromatic rings. The quantitative estimate of drug-likeness (QED) is 0.486. The number of aliphatic hydroxyl groups is 1. The molecule has 114 valence electrons. The summed E-state index contributed by atoms with van der Waals surface area (Å²) in [7, 11) is 1.65. The van der Waals surface area contributed by atoms with Crippen LogP contribution in [0.25, 0.3) is 0 Å². The van der Waals surface area contributed by atoms with Crippen LogP contribution in [0.4, 0.5) is 0 Å². The van der Waals surface area contributed by atoms with Crippen LogP contribution in [0.15, 0.2) is 0 Å². The predicted octanol–water partition coefficient (Wildman–Crippen LogP) is 0.794. The number of hydrogen-bond acceptors (Lipinski definition) is 5. The Labute approximate surface area is 116 Å². The highest BCUT2D eigenvalue weighted by Gasteiger charge is 2.35. The highest BCUT2D eigenvalue weighted by molar-refractivity contribution is 4.87. The molecule has 0 bridgehead atoms. The maximum atomic E-state index is 9.58. The first kappa shape index (κ1) is 16.9. The molecular weight excluding hydrogens is 246 g/mol. The first-order chi connectivity index (χ1) is 9.26. The Hall–Kier alpha value is -0.200. The fraction of sp³-hybridized carbons (Fsp3) is 1.00. The molecule has 0 aromatic carbocycles. The molecule has 0 radical (unpaired) electrons. The molecular formula is C14H29NO4. The van der Waals surface area contributed by atoms with Crippen LogP contribution < -0.4 is 5.73 Å². The van der Waals surface area contributed by atoms with Gasteiger partial charge in [-0.15, -0.1) is 0 Å². The van der Waals surface area contributed by atoms with Crippen LogP contribution in [-0.4, -0.2) is 58.4 Å². The minimum absolute atomic E-state index is 0.141. The molecule has 1 rings (SSSR count). The van der Waals surface area contributed by atoms with Gasteiger partial charge in [-0.25, -0.2) is 0 Å². The van der Waals surface area contributed by atoms with E-state index in [1.807, 2.05) is 0 Å². The lowest BCUT2D eigenvalue weighted by atomic mass is 9.80. The van der Waals surface area contributed by atoms with Crippen LogP contribution in [0.3, 0.4) is 0 Å². The lowest BCUT2D eigenvalue weighted by Gasteiger charge is -2.30. The van der Waals surface area contributed by atoms with Crippen molar-refractivity contribution in [1.82, 2.24) is 0 Å². The van der Waals surface area contributed by atoms with E-state index in [4.69, 9.17) is 19.9 Å². The minimum Gasteiger partial charge on any atom is -0.396 e. The van der Waals surface area contributed by atoms with E-state index in [9.17, 15) is 5.11 Å². The van der Waals surface area contributed by atoms with Crippen LogP contribution >= 0.6 is 0 Å². The second kappa shape index (κ2) is 9.66. The topological polar surface area (TPSA) is 73.9 Å². The lowest BCUT2D eigenvalue weighted by molar-refractivity contribution is 0.00831. The van der Waals surface area contributed by atoms with Crippen LogP contribution in [0.1, 0.15) is 25.7 Å². The van der Waals surface area contributed by atoms with Crippen LogP contribution in [0, 0.1) is 11.3 Å². The smallest absolute Gasteiger partial charge is 0.0701 e. The summed E-state index contributed by atoms with van der Waals surface area (Å²) in [5.41, 5.74) is 5.70. The first-order valence-electron chi connectivity index (χ1n) is 7.22. The number of hydrogen-bond donors (Lipinski definition) is 2. The molecule has 0 saturated heterocycles. The van der Waals surface area contributed by atoms with Gasteiger partial charge >= 0.3 is 0 Å². The van der Waals surface area contributed by atoms with Gasteiger partial charge in [0.25, 0.3) is 0 Å². The van der Waals surface area contributed by atoms with E-state index in [1.54, 1.807) is 7.11 Å². The third-order valence-corrected chi connectivity index (χ3v) is 3.77. The zero-order chi connectivity index (χ0) is 14.0. The fourth-order valence-corrected chi connectivity index (χ4v) is 2.18. The van der Waals surface area contributed by atoms with Gasteiger partial charge in [-0.3, -0.25) is 0 Å². The zero-order valence-corrected chi connectivity index (χ0v) is 12.1. The van der Waals surface area contributed by atoms with Gasteiger partial charge in [-0.2, -0.15) is 0 Å². The molecule has 19 heavy (non-hydrogen) atoms. The van der Waals surface area contributed by atoms with Crippen molar-refractivity contribution in [2.45, 2.75) is 25.7 Å². The predicted molar refractivity (Wildman–Crippen MR) is 74.0 cm³/mol.